The standard InChI is InChI=1S/C15H13F2N3O2S/c16-9-2-1-8(11(17)5-9)6-18-13(21)12-7-23-15(20-12)14(22)19-10-3-4-10/h1-2,5,7,10H,3-4,6H2,(H,18,21)(H,19,22). The van der Waals surface area contributed by atoms with Crippen LogP contribution < -0.4 is 10.6 Å². The molecule has 3 rings (SSSR count). The smallest absolute Gasteiger partial charge is 0.280 e. The Hall–Kier alpha value is -2.35. The Balaban J connectivity index is 1.59. The number of hydrogen-bond donors (Lipinski definition) is 2. The van der Waals surface area contributed by atoms with E-state index in [9.17, 15) is 18.4 Å². The summed E-state index contributed by atoms with van der Waals surface area (Å²) < 4.78 is 26.3. The van der Waals surface area contributed by atoms with Crippen molar-refractivity contribution < 1.29 is 18.4 Å². The number of thiazole rings is 1. The van der Waals surface area contributed by atoms with Crippen molar-refractivity contribution in [3.63, 3.8) is 0 Å². The minimum absolute atomic E-state index is 0.0912. The quantitative estimate of drug-likeness (QED) is 0.879. The molecule has 1 aliphatic rings. The van der Waals surface area contributed by atoms with Gasteiger partial charge in [-0.05, 0) is 18.9 Å². The maximum absolute atomic E-state index is 13.5. The molecule has 0 spiro atoms. The Bertz CT molecular complexity index is 759. The van der Waals surface area contributed by atoms with Crippen LogP contribution in [0.1, 0.15) is 38.7 Å². The van der Waals surface area contributed by atoms with Crippen molar-refractivity contribution in [3.05, 3.63) is 51.5 Å². The van der Waals surface area contributed by atoms with Gasteiger partial charge >= 0.3 is 0 Å². The Morgan fingerprint density at radius 2 is 2.04 bits per heavy atom. The van der Waals surface area contributed by atoms with E-state index in [1.165, 1.54) is 11.4 Å². The van der Waals surface area contributed by atoms with Crippen LogP contribution >= 0.6 is 11.3 Å². The van der Waals surface area contributed by atoms with Crippen molar-refractivity contribution in [2.75, 3.05) is 0 Å². The highest BCUT2D eigenvalue weighted by Gasteiger charge is 2.25. The summed E-state index contributed by atoms with van der Waals surface area (Å²) in [6, 6.07) is 3.35. The van der Waals surface area contributed by atoms with Gasteiger partial charge in [0.1, 0.15) is 17.3 Å². The number of carbonyl (C=O) groups excluding carboxylic acids is 2. The molecule has 1 heterocycles. The Morgan fingerprint density at radius 1 is 1.26 bits per heavy atom. The summed E-state index contributed by atoms with van der Waals surface area (Å²) in [6.45, 7) is -0.0912. The third-order valence-corrected chi connectivity index (χ3v) is 4.14. The van der Waals surface area contributed by atoms with E-state index in [-0.39, 0.29) is 34.8 Å². The summed E-state index contributed by atoms with van der Waals surface area (Å²) >= 11 is 1.07. The molecule has 1 fully saturated rings. The molecule has 0 saturated heterocycles. The number of hydrogen-bond acceptors (Lipinski definition) is 4. The van der Waals surface area contributed by atoms with Crippen molar-refractivity contribution in [3.8, 4) is 0 Å². The molecule has 1 aromatic heterocycles. The average Bonchev–Trinajstić information content (AvgIpc) is 3.18. The first-order valence-electron chi connectivity index (χ1n) is 7.01. The van der Waals surface area contributed by atoms with Crippen LogP contribution in [0.3, 0.4) is 0 Å². The van der Waals surface area contributed by atoms with Crippen molar-refractivity contribution in [2.45, 2.75) is 25.4 Å². The summed E-state index contributed by atoms with van der Waals surface area (Å²) in [5.41, 5.74) is 0.264. The molecule has 120 valence electrons. The van der Waals surface area contributed by atoms with Crippen molar-refractivity contribution in [1.82, 2.24) is 15.6 Å². The minimum atomic E-state index is -0.729. The van der Waals surface area contributed by atoms with Gasteiger partial charge in [-0.15, -0.1) is 11.3 Å². The minimum Gasteiger partial charge on any atom is -0.347 e. The Kier molecular flexibility index (Phi) is 4.33. The van der Waals surface area contributed by atoms with Crippen LogP contribution in [0.15, 0.2) is 23.6 Å². The normalized spacial score (nSPS) is 13.7. The second-order valence-electron chi connectivity index (χ2n) is 5.20. The van der Waals surface area contributed by atoms with Crippen molar-refractivity contribution in [1.29, 1.82) is 0 Å². The predicted molar refractivity (Wildman–Crippen MR) is 80.1 cm³/mol. The lowest BCUT2D eigenvalue weighted by Crippen LogP contribution is -2.26. The fourth-order valence-electron chi connectivity index (χ4n) is 1.89. The molecule has 1 aromatic carbocycles. The first-order valence-corrected chi connectivity index (χ1v) is 7.89. The highest BCUT2D eigenvalue weighted by atomic mass is 32.1. The molecule has 8 heteroatoms. The van der Waals surface area contributed by atoms with Gasteiger partial charge in [0, 0.05) is 29.6 Å². The topological polar surface area (TPSA) is 71.1 Å². The molecule has 0 unspecified atom stereocenters. The molecule has 0 aliphatic heterocycles. The number of nitrogens with one attached hydrogen (secondary N) is 2. The summed E-state index contributed by atoms with van der Waals surface area (Å²) in [4.78, 5) is 27.8. The van der Waals surface area contributed by atoms with Gasteiger partial charge in [-0.1, -0.05) is 6.07 Å². The summed E-state index contributed by atoms with van der Waals surface area (Å²) in [6.07, 6.45) is 1.93. The van der Waals surface area contributed by atoms with Gasteiger partial charge < -0.3 is 10.6 Å². The Labute approximate surface area is 134 Å². The van der Waals surface area contributed by atoms with Crippen LogP contribution in [-0.2, 0) is 6.54 Å². The monoisotopic (exact) mass is 337 g/mol. The zero-order valence-electron chi connectivity index (χ0n) is 11.9. The second kappa shape index (κ2) is 6.41. The van der Waals surface area contributed by atoms with Gasteiger partial charge in [0.25, 0.3) is 11.8 Å². The SMILES string of the molecule is O=C(NCc1ccc(F)cc1F)c1csc(C(=O)NC2CC2)n1. The molecule has 1 saturated carbocycles. The number of benzene rings is 1. The van der Waals surface area contributed by atoms with Crippen LogP contribution in [0.2, 0.25) is 0 Å². The number of halogens is 2. The summed E-state index contributed by atoms with van der Waals surface area (Å²) in [5.74, 6) is -2.21. The van der Waals surface area contributed by atoms with Crippen LogP contribution in [0.5, 0.6) is 0 Å². The lowest BCUT2D eigenvalue weighted by atomic mass is 10.2. The first-order chi connectivity index (χ1) is 11.0. The number of rotatable bonds is 5. The molecule has 2 amide bonds. The molecule has 0 bridgehead atoms. The van der Waals surface area contributed by atoms with E-state index < -0.39 is 17.5 Å². The first kappa shape index (κ1) is 15.5. The van der Waals surface area contributed by atoms with Crippen LogP contribution in [0.25, 0.3) is 0 Å². The molecule has 2 N–H and O–H groups in total. The third-order valence-electron chi connectivity index (χ3n) is 3.30. The highest BCUT2D eigenvalue weighted by Crippen LogP contribution is 2.20. The van der Waals surface area contributed by atoms with Crippen LogP contribution in [0, 0.1) is 11.6 Å². The lowest BCUT2D eigenvalue weighted by molar-refractivity contribution is 0.0945. The van der Waals surface area contributed by atoms with Crippen molar-refractivity contribution >= 4 is 23.2 Å². The van der Waals surface area contributed by atoms with Gasteiger partial charge in [0.05, 0.1) is 0 Å². The highest BCUT2D eigenvalue weighted by molar-refractivity contribution is 7.11. The van der Waals surface area contributed by atoms with E-state index in [2.05, 4.69) is 15.6 Å². The van der Waals surface area contributed by atoms with Crippen molar-refractivity contribution in [2.24, 2.45) is 0 Å². The molecular weight excluding hydrogens is 324 g/mol. The van der Waals surface area contributed by atoms with Crippen LogP contribution in [0.4, 0.5) is 8.78 Å². The fourth-order valence-corrected chi connectivity index (χ4v) is 2.59. The zero-order chi connectivity index (χ0) is 16.4. The van der Waals surface area contributed by atoms with Gasteiger partial charge in [0.15, 0.2) is 5.01 Å². The van der Waals surface area contributed by atoms with E-state index >= 15 is 0 Å². The maximum Gasteiger partial charge on any atom is 0.280 e. The molecule has 0 radical (unpaired) electrons. The summed E-state index contributed by atoms with van der Waals surface area (Å²) in [7, 11) is 0. The zero-order valence-corrected chi connectivity index (χ0v) is 12.8. The van der Waals surface area contributed by atoms with E-state index in [4.69, 9.17) is 0 Å². The lowest BCUT2D eigenvalue weighted by Gasteiger charge is -2.05. The third kappa shape index (κ3) is 3.89. The number of carbonyl (C=O) groups is 2. The molecule has 0 atom stereocenters. The number of amides is 2. The van der Waals surface area contributed by atoms with E-state index in [0.29, 0.717) is 0 Å². The molecule has 2 aromatic rings. The van der Waals surface area contributed by atoms with E-state index in [0.717, 1.165) is 36.3 Å². The van der Waals surface area contributed by atoms with Gasteiger partial charge in [-0.2, -0.15) is 0 Å². The Morgan fingerprint density at radius 3 is 2.74 bits per heavy atom. The number of aromatic nitrogens is 1. The molecular formula is C15H13F2N3O2S. The maximum atomic E-state index is 13.5. The van der Waals surface area contributed by atoms with E-state index in [1.807, 2.05) is 0 Å². The van der Waals surface area contributed by atoms with Gasteiger partial charge in [0.2, 0.25) is 0 Å². The van der Waals surface area contributed by atoms with Gasteiger partial charge in [-0.25, -0.2) is 13.8 Å². The molecule has 23 heavy (non-hydrogen) atoms. The summed E-state index contributed by atoms with van der Waals surface area (Å²) in [5, 5.41) is 6.97. The number of nitrogens with zero attached hydrogens (tertiary/aromatic N) is 1. The predicted octanol–water partition coefficient (Wildman–Crippen LogP) is 2.24. The van der Waals surface area contributed by atoms with E-state index in [1.54, 1.807) is 0 Å². The molecule has 5 nitrogen and oxygen atoms in total. The average molecular weight is 337 g/mol. The molecule has 1 aliphatic carbocycles. The largest absolute Gasteiger partial charge is 0.347 e. The van der Waals surface area contributed by atoms with Gasteiger partial charge in [-0.3, -0.25) is 9.59 Å². The second-order valence-corrected chi connectivity index (χ2v) is 6.06. The fraction of sp³-hybridized carbons (Fsp3) is 0.267. The van der Waals surface area contributed by atoms with Crippen LogP contribution in [-0.4, -0.2) is 22.8 Å².